The fourth-order valence-corrected chi connectivity index (χ4v) is 6.94. The van der Waals surface area contributed by atoms with Crippen LogP contribution in [0.1, 0.15) is 18.7 Å². The Bertz CT molecular complexity index is 2100. The van der Waals surface area contributed by atoms with Gasteiger partial charge in [0, 0.05) is 59.4 Å². The van der Waals surface area contributed by atoms with Gasteiger partial charge >= 0.3 is 6.09 Å². The predicted molar refractivity (Wildman–Crippen MR) is 166 cm³/mol. The summed E-state index contributed by atoms with van der Waals surface area (Å²) >= 11 is 1.41. The summed E-state index contributed by atoms with van der Waals surface area (Å²) in [6.45, 7) is 2.72. The number of hydrogen-bond acceptors (Lipinski definition) is 7. The van der Waals surface area contributed by atoms with Crippen LogP contribution in [0, 0.1) is 11.6 Å². The zero-order chi connectivity index (χ0) is 31.4. The van der Waals surface area contributed by atoms with E-state index >= 15 is 4.39 Å². The molecule has 45 heavy (non-hydrogen) atoms. The van der Waals surface area contributed by atoms with E-state index in [1.807, 2.05) is 36.7 Å². The highest BCUT2D eigenvalue weighted by Crippen LogP contribution is 2.47. The summed E-state index contributed by atoms with van der Waals surface area (Å²) in [5.41, 5.74) is 4.41. The molecule has 7 rings (SSSR count). The number of benzene rings is 2. The molecule has 10 nitrogen and oxygen atoms in total. The minimum Gasteiger partial charge on any atom is -0.490 e. The van der Waals surface area contributed by atoms with Crippen LogP contribution >= 0.6 is 11.3 Å². The molecule has 230 valence electrons. The van der Waals surface area contributed by atoms with Crippen molar-refractivity contribution in [3.05, 3.63) is 71.4 Å². The smallest absolute Gasteiger partial charge is 0.407 e. The Morgan fingerprint density at radius 1 is 1.09 bits per heavy atom. The van der Waals surface area contributed by atoms with Crippen LogP contribution in [0.5, 0.6) is 5.75 Å². The summed E-state index contributed by atoms with van der Waals surface area (Å²) < 4.78 is 45.8. The van der Waals surface area contributed by atoms with Crippen molar-refractivity contribution in [2.75, 3.05) is 26.9 Å². The highest BCUT2D eigenvalue weighted by molar-refractivity contribution is 7.18. The van der Waals surface area contributed by atoms with Crippen molar-refractivity contribution in [2.45, 2.75) is 19.5 Å². The lowest BCUT2D eigenvalue weighted by atomic mass is 9.96. The number of rotatable bonds is 7. The fraction of sp³-hybridized carbons (Fsp3) is 0.250. The molecule has 4 aromatic heterocycles. The average molecular weight is 631 g/mol. The van der Waals surface area contributed by atoms with Crippen molar-refractivity contribution in [3.8, 4) is 39.5 Å². The van der Waals surface area contributed by atoms with Gasteiger partial charge in [-0.15, -0.1) is 11.3 Å². The van der Waals surface area contributed by atoms with Gasteiger partial charge in [-0.1, -0.05) is 6.07 Å². The van der Waals surface area contributed by atoms with Gasteiger partial charge in [-0.2, -0.15) is 10.2 Å². The summed E-state index contributed by atoms with van der Waals surface area (Å²) in [7, 11) is 3.39. The van der Waals surface area contributed by atoms with E-state index in [9.17, 15) is 14.3 Å². The molecule has 0 saturated carbocycles. The van der Waals surface area contributed by atoms with Gasteiger partial charge in [0.1, 0.15) is 35.4 Å². The number of aryl methyl sites for hydroxylation is 1. The van der Waals surface area contributed by atoms with Crippen LogP contribution in [-0.2, 0) is 18.3 Å². The van der Waals surface area contributed by atoms with Gasteiger partial charge in [-0.25, -0.2) is 18.6 Å². The standard InChI is InChI=1S/C32H28F2N6O4S/c1-17-25-15-23(37-40(25)8-7-39(17)32(41)42)30-28(27-22(34)13-20(33)14-26(27)44-10-9-43-3)31-21(6-11-45-31)29(36-30)18-4-5-24-19(12-18)16-35-38(24)2/h4-6,11-17H,7-10H2,1-3H3,(H,41,42)/t17-/m1/s1. The van der Waals surface area contributed by atoms with E-state index in [1.54, 1.807) is 28.6 Å². The first-order chi connectivity index (χ1) is 21.7. The molecule has 0 unspecified atom stereocenters. The third-order valence-corrected chi connectivity index (χ3v) is 9.12. The normalized spacial score (nSPS) is 14.8. The number of nitrogens with zero attached hydrogens (tertiary/aromatic N) is 6. The fourth-order valence-electron chi connectivity index (χ4n) is 5.99. The molecular formula is C32H28F2N6O4S. The van der Waals surface area contributed by atoms with E-state index in [0.29, 0.717) is 34.9 Å². The van der Waals surface area contributed by atoms with Crippen molar-refractivity contribution in [1.29, 1.82) is 0 Å². The topological polar surface area (TPSA) is 108 Å². The molecule has 1 aliphatic heterocycles. The molecule has 0 radical (unpaired) electrons. The average Bonchev–Trinajstić information content (AvgIpc) is 3.76. The maximum absolute atomic E-state index is 16.0. The quantitative estimate of drug-likeness (QED) is 0.195. The number of pyridine rings is 1. The summed E-state index contributed by atoms with van der Waals surface area (Å²) in [5, 5.41) is 22.6. The van der Waals surface area contributed by atoms with E-state index in [1.165, 1.54) is 23.3 Å². The van der Waals surface area contributed by atoms with E-state index < -0.39 is 23.8 Å². The van der Waals surface area contributed by atoms with Crippen molar-refractivity contribution in [3.63, 3.8) is 0 Å². The van der Waals surface area contributed by atoms with Crippen LogP contribution in [0.2, 0.25) is 0 Å². The molecule has 13 heteroatoms. The molecule has 0 fully saturated rings. The van der Waals surface area contributed by atoms with E-state index in [2.05, 4.69) is 5.10 Å². The molecule has 6 aromatic rings. The van der Waals surface area contributed by atoms with Crippen molar-refractivity contribution in [2.24, 2.45) is 7.05 Å². The molecule has 0 saturated heterocycles. The summed E-state index contributed by atoms with van der Waals surface area (Å²) in [4.78, 5) is 18.4. The second-order valence-corrected chi connectivity index (χ2v) is 11.7. The molecule has 1 N–H and O–H groups in total. The Kier molecular flexibility index (Phi) is 7.21. The summed E-state index contributed by atoms with van der Waals surface area (Å²) in [6.07, 6.45) is 0.768. The minimum absolute atomic E-state index is 0.0150. The Morgan fingerprint density at radius 3 is 2.73 bits per heavy atom. The molecule has 2 aromatic carbocycles. The Balaban J connectivity index is 1.51. The molecule has 0 spiro atoms. The second-order valence-electron chi connectivity index (χ2n) is 10.8. The van der Waals surface area contributed by atoms with E-state index in [0.717, 1.165) is 38.7 Å². The first kappa shape index (κ1) is 28.9. The van der Waals surface area contributed by atoms with Crippen LogP contribution in [-0.4, -0.2) is 67.5 Å². The number of fused-ring (bicyclic) bond motifs is 3. The first-order valence-corrected chi connectivity index (χ1v) is 15.1. The van der Waals surface area contributed by atoms with Gasteiger partial charge in [0.05, 0.1) is 47.9 Å². The second kappa shape index (κ2) is 11.2. The first-order valence-electron chi connectivity index (χ1n) is 14.3. The van der Waals surface area contributed by atoms with Gasteiger partial charge in [0.15, 0.2) is 0 Å². The third-order valence-electron chi connectivity index (χ3n) is 8.19. The van der Waals surface area contributed by atoms with Crippen molar-refractivity contribution >= 4 is 38.4 Å². The number of amides is 1. The summed E-state index contributed by atoms with van der Waals surface area (Å²) in [5.74, 6) is -1.57. The Labute approximate surface area is 260 Å². The van der Waals surface area contributed by atoms with E-state index in [4.69, 9.17) is 19.6 Å². The maximum Gasteiger partial charge on any atom is 0.407 e. The lowest BCUT2D eigenvalue weighted by molar-refractivity contribution is 0.113. The van der Waals surface area contributed by atoms with Crippen LogP contribution in [0.3, 0.4) is 0 Å². The number of halogens is 2. The Hall–Kier alpha value is -4.88. The predicted octanol–water partition coefficient (Wildman–Crippen LogP) is 6.74. The molecule has 1 amide bonds. The number of hydrogen-bond donors (Lipinski definition) is 1. The van der Waals surface area contributed by atoms with Gasteiger partial charge in [0.25, 0.3) is 0 Å². The van der Waals surface area contributed by atoms with Gasteiger partial charge < -0.3 is 14.6 Å². The molecule has 0 aliphatic carbocycles. The van der Waals surface area contributed by atoms with Crippen LogP contribution in [0.25, 0.3) is 54.8 Å². The number of aromatic nitrogens is 5. The van der Waals surface area contributed by atoms with Crippen LogP contribution in [0.15, 0.2) is 54.0 Å². The largest absolute Gasteiger partial charge is 0.490 e. The number of ether oxygens (including phenoxy) is 2. The van der Waals surface area contributed by atoms with Gasteiger partial charge in [-0.05, 0) is 36.6 Å². The van der Waals surface area contributed by atoms with Gasteiger partial charge in [-0.3, -0.25) is 14.3 Å². The minimum atomic E-state index is -1.02. The van der Waals surface area contributed by atoms with Crippen molar-refractivity contribution in [1.82, 2.24) is 29.4 Å². The summed E-state index contributed by atoms with van der Waals surface area (Å²) in [6, 6.07) is 11.2. The SMILES string of the molecule is COCCOc1cc(F)cc(F)c1-c1c(-c2cc3n(n2)CCN(C(=O)O)[C@@H]3C)nc(-c2ccc3c(cnn3C)c2)c2ccsc12. The molecule has 1 aliphatic rings. The molecular weight excluding hydrogens is 602 g/mol. The van der Waals surface area contributed by atoms with E-state index in [-0.39, 0.29) is 31.1 Å². The zero-order valence-electron chi connectivity index (χ0n) is 24.6. The van der Waals surface area contributed by atoms with Crippen LogP contribution in [0.4, 0.5) is 13.6 Å². The molecule has 5 heterocycles. The Morgan fingerprint density at radius 2 is 1.93 bits per heavy atom. The van der Waals surface area contributed by atoms with Gasteiger partial charge in [0.2, 0.25) is 0 Å². The monoisotopic (exact) mass is 630 g/mol. The zero-order valence-corrected chi connectivity index (χ0v) is 25.4. The number of methoxy groups -OCH3 is 1. The molecule has 1 atom stereocenters. The third kappa shape index (κ3) is 4.88. The maximum atomic E-state index is 16.0. The number of carboxylic acid groups (broad SMARTS) is 1. The highest BCUT2D eigenvalue weighted by atomic mass is 32.1. The number of carbonyl (C=O) groups is 1. The molecule has 0 bridgehead atoms. The lowest BCUT2D eigenvalue weighted by Gasteiger charge is -2.31. The van der Waals surface area contributed by atoms with Crippen molar-refractivity contribution < 1.29 is 28.2 Å². The number of thiophene rings is 1. The highest BCUT2D eigenvalue weighted by Gasteiger charge is 2.32. The lowest BCUT2D eigenvalue weighted by Crippen LogP contribution is -2.40. The van der Waals surface area contributed by atoms with Crippen LogP contribution < -0.4 is 4.74 Å².